The van der Waals surface area contributed by atoms with Crippen LogP contribution in [-0.4, -0.2) is 42.0 Å². The summed E-state index contributed by atoms with van der Waals surface area (Å²) in [4.78, 5) is 19.1. The van der Waals surface area contributed by atoms with Crippen LogP contribution in [0.5, 0.6) is 0 Å². The van der Waals surface area contributed by atoms with Gasteiger partial charge in [0.15, 0.2) is 0 Å². The first-order chi connectivity index (χ1) is 11.7. The topological polar surface area (TPSA) is 45.2 Å². The van der Waals surface area contributed by atoms with E-state index in [0.29, 0.717) is 24.7 Å². The van der Waals surface area contributed by atoms with Crippen molar-refractivity contribution in [3.05, 3.63) is 51.7 Å². The van der Waals surface area contributed by atoms with E-state index in [1.54, 1.807) is 23.5 Å². The lowest BCUT2D eigenvalue weighted by Crippen LogP contribution is -2.33. The highest BCUT2D eigenvalue weighted by Crippen LogP contribution is 2.27. The van der Waals surface area contributed by atoms with E-state index in [-0.39, 0.29) is 11.7 Å². The first-order valence-corrected chi connectivity index (χ1v) is 9.21. The maximum Gasteiger partial charge on any atom is 0.228 e. The van der Waals surface area contributed by atoms with Crippen LogP contribution in [0.15, 0.2) is 29.6 Å². The Labute approximate surface area is 144 Å². The van der Waals surface area contributed by atoms with Crippen LogP contribution in [0.3, 0.4) is 0 Å². The molecule has 2 aliphatic rings. The van der Waals surface area contributed by atoms with Crippen LogP contribution in [0, 0.1) is 17.7 Å². The van der Waals surface area contributed by atoms with Crippen molar-refractivity contribution in [1.82, 2.24) is 15.2 Å². The quantitative estimate of drug-likeness (QED) is 0.923. The second kappa shape index (κ2) is 6.61. The molecular weight excluding hydrogens is 325 g/mol. The zero-order valence-corrected chi connectivity index (χ0v) is 14.2. The molecule has 4 rings (SSSR count). The summed E-state index contributed by atoms with van der Waals surface area (Å²) >= 11 is 1.56. The normalized spacial score (nSPS) is 22.8. The van der Waals surface area contributed by atoms with Crippen molar-refractivity contribution in [1.29, 1.82) is 0 Å². The number of rotatable bonds is 4. The lowest BCUT2D eigenvalue weighted by Gasteiger charge is -2.16. The third kappa shape index (κ3) is 3.35. The SMILES string of the molecule is O=C(Cc1csc(Cc2ccc(F)cc2)n1)N1C[C@H]2CNC[C@H]2C1. The van der Waals surface area contributed by atoms with E-state index in [1.807, 2.05) is 10.3 Å². The number of nitrogens with zero attached hydrogens (tertiary/aromatic N) is 2. The average molecular weight is 345 g/mol. The molecule has 6 heteroatoms. The molecule has 1 aromatic heterocycles. The Morgan fingerprint density at radius 2 is 1.96 bits per heavy atom. The Kier molecular flexibility index (Phi) is 4.33. The van der Waals surface area contributed by atoms with Crippen molar-refractivity contribution in [2.45, 2.75) is 12.8 Å². The van der Waals surface area contributed by atoms with E-state index < -0.39 is 0 Å². The molecule has 1 amide bonds. The van der Waals surface area contributed by atoms with Crippen LogP contribution in [0.4, 0.5) is 4.39 Å². The molecular formula is C18H20FN3OS. The number of hydrogen-bond donors (Lipinski definition) is 1. The summed E-state index contributed by atoms with van der Waals surface area (Å²) in [6.45, 7) is 3.83. The average Bonchev–Trinajstić information content (AvgIpc) is 3.25. The van der Waals surface area contributed by atoms with E-state index in [1.165, 1.54) is 12.1 Å². The van der Waals surface area contributed by atoms with Gasteiger partial charge in [-0.3, -0.25) is 4.79 Å². The molecule has 2 saturated heterocycles. The third-order valence-corrected chi connectivity index (χ3v) is 5.84. The second-order valence-electron chi connectivity index (χ2n) is 6.69. The number of nitrogens with one attached hydrogen (secondary N) is 1. The van der Waals surface area contributed by atoms with Gasteiger partial charge < -0.3 is 10.2 Å². The fourth-order valence-electron chi connectivity index (χ4n) is 3.61. The first kappa shape index (κ1) is 15.7. The first-order valence-electron chi connectivity index (χ1n) is 8.33. The zero-order valence-electron chi connectivity index (χ0n) is 13.4. The van der Waals surface area contributed by atoms with Crippen molar-refractivity contribution in [2.75, 3.05) is 26.2 Å². The van der Waals surface area contributed by atoms with Crippen molar-refractivity contribution in [3.63, 3.8) is 0 Å². The number of benzene rings is 1. The molecule has 1 aromatic carbocycles. The summed E-state index contributed by atoms with van der Waals surface area (Å²) in [6.07, 6.45) is 1.06. The summed E-state index contributed by atoms with van der Waals surface area (Å²) in [5, 5.41) is 6.32. The van der Waals surface area contributed by atoms with Gasteiger partial charge in [0, 0.05) is 38.0 Å². The Hall–Kier alpha value is -1.79. The van der Waals surface area contributed by atoms with Gasteiger partial charge in [-0.25, -0.2) is 9.37 Å². The van der Waals surface area contributed by atoms with Gasteiger partial charge in [-0.05, 0) is 29.5 Å². The van der Waals surface area contributed by atoms with E-state index in [9.17, 15) is 9.18 Å². The maximum absolute atomic E-state index is 12.9. The number of halogens is 1. The lowest BCUT2D eigenvalue weighted by atomic mass is 10.0. The Bertz CT molecular complexity index is 718. The Morgan fingerprint density at radius 3 is 2.67 bits per heavy atom. The van der Waals surface area contributed by atoms with Gasteiger partial charge in [-0.1, -0.05) is 12.1 Å². The molecule has 0 bridgehead atoms. The number of hydrogen-bond acceptors (Lipinski definition) is 4. The van der Waals surface area contributed by atoms with Gasteiger partial charge in [0.05, 0.1) is 17.1 Å². The van der Waals surface area contributed by atoms with Crippen LogP contribution < -0.4 is 5.32 Å². The number of likely N-dealkylation sites (tertiary alicyclic amines) is 1. The number of carbonyl (C=O) groups excluding carboxylic acids is 1. The molecule has 1 N–H and O–H groups in total. The maximum atomic E-state index is 12.9. The van der Waals surface area contributed by atoms with Crippen molar-refractivity contribution in [2.24, 2.45) is 11.8 Å². The standard InChI is InChI=1S/C18H20FN3OS/c19-15-3-1-12(2-4-15)5-17-21-16(11-24-17)6-18(23)22-9-13-7-20-8-14(13)10-22/h1-4,11,13-14,20H,5-10H2/t13-,14+. The molecule has 2 fully saturated rings. The Balaban J connectivity index is 1.35. The molecule has 0 saturated carbocycles. The van der Waals surface area contributed by atoms with Crippen LogP contribution in [0.2, 0.25) is 0 Å². The van der Waals surface area contributed by atoms with Crippen LogP contribution in [0.25, 0.3) is 0 Å². The van der Waals surface area contributed by atoms with E-state index >= 15 is 0 Å². The van der Waals surface area contributed by atoms with E-state index in [2.05, 4.69) is 10.3 Å². The highest BCUT2D eigenvalue weighted by atomic mass is 32.1. The molecule has 0 aliphatic carbocycles. The van der Waals surface area contributed by atoms with Crippen LogP contribution >= 0.6 is 11.3 Å². The number of carbonyl (C=O) groups is 1. The summed E-state index contributed by atoms with van der Waals surface area (Å²) in [7, 11) is 0. The van der Waals surface area contributed by atoms with Gasteiger partial charge >= 0.3 is 0 Å². The summed E-state index contributed by atoms with van der Waals surface area (Å²) in [5.41, 5.74) is 1.88. The van der Waals surface area contributed by atoms with Crippen molar-refractivity contribution >= 4 is 17.2 Å². The number of amides is 1. The predicted molar refractivity (Wildman–Crippen MR) is 91.5 cm³/mol. The number of thiazole rings is 1. The fraction of sp³-hybridized carbons (Fsp3) is 0.444. The highest BCUT2D eigenvalue weighted by Gasteiger charge is 2.37. The molecule has 2 aliphatic heterocycles. The molecule has 2 atom stereocenters. The minimum atomic E-state index is -0.227. The largest absolute Gasteiger partial charge is 0.342 e. The molecule has 0 radical (unpaired) electrons. The summed E-state index contributed by atoms with van der Waals surface area (Å²) in [5.74, 6) is 1.20. The smallest absolute Gasteiger partial charge is 0.228 e. The van der Waals surface area contributed by atoms with Gasteiger partial charge in [0.2, 0.25) is 5.91 Å². The minimum Gasteiger partial charge on any atom is -0.342 e. The second-order valence-corrected chi connectivity index (χ2v) is 7.63. The summed E-state index contributed by atoms with van der Waals surface area (Å²) in [6, 6.07) is 6.48. The predicted octanol–water partition coefficient (Wildman–Crippen LogP) is 2.09. The van der Waals surface area contributed by atoms with Crippen LogP contribution in [-0.2, 0) is 17.6 Å². The monoisotopic (exact) mass is 345 g/mol. The molecule has 126 valence electrons. The zero-order chi connectivity index (χ0) is 16.5. The van der Waals surface area contributed by atoms with Crippen LogP contribution in [0.1, 0.15) is 16.3 Å². The highest BCUT2D eigenvalue weighted by molar-refractivity contribution is 7.09. The van der Waals surface area contributed by atoms with Gasteiger partial charge in [0.25, 0.3) is 0 Å². The molecule has 0 unspecified atom stereocenters. The van der Waals surface area contributed by atoms with Crippen molar-refractivity contribution < 1.29 is 9.18 Å². The Morgan fingerprint density at radius 1 is 1.25 bits per heavy atom. The van der Waals surface area contributed by atoms with E-state index in [0.717, 1.165) is 42.4 Å². The molecule has 4 nitrogen and oxygen atoms in total. The van der Waals surface area contributed by atoms with Gasteiger partial charge in [0.1, 0.15) is 5.82 Å². The molecule has 3 heterocycles. The van der Waals surface area contributed by atoms with Crippen molar-refractivity contribution in [3.8, 4) is 0 Å². The van der Waals surface area contributed by atoms with Gasteiger partial charge in [-0.2, -0.15) is 0 Å². The molecule has 0 spiro atoms. The number of fused-ring (bicyclic) bond motifs is 1. The van der Waals surface area contributed by atoms with E-state index in [4.69, 9.17) is 0 Å². The molecule has 2 aromatic rings. The molecule has 24 heavy (non-hydrogen) atoms. The van der Waals surface area contributed by atoms with Gasteiger partial charge in [-0.15, -0.1) is 11.3 Å². The fourth-order valence-corrected chi connectivity index (χ4v) is 4.44. The lowest BCUT2D eigenvalue weighted by molar-refractivity contribution is -0.129. The third-order valence-electron chi connectivity index (χ3n) is 4.94. The minimum absolute atomic E-state index is 0.183. The number of aromatic nitrogens is 1. The summed E-state index contributed by atoms with van der Waals surface area (Å²) < 4.78 is 12.9.